The first-order chi connectivity index (χ1) is 19.0. The average molecular weight is 543 g/mol. The van der Waals surface area contributed by atoms with E-state index in [1.165, 1.54) is 11.1 Å². The molecule has 9 nitrogen and oxygen atoms in total. The predicted molar refractivity (Wildman–Crippen MR) is 160 cm³/mol. The van der Waals surface area contributed by atoms with Gasteiger partial charge < -0.3 is 14.8 Å². The minimum absolute atomic E-state index is 0.232. The molecule has 2 aliphatic rings. The Balaban J connectivity index is 1.37. The molecular weight excluding hydrogens is 500 g/mol. The Morgan fingerprint density at radius 2 is 1.93 bits per heavy atom. The Labute approximate surface area is 236 Å². The number of rotatable bonds is 6. The number of aryl methyl sites for hydroxylation is 1. The predicted octanol–water partition coefficient (Wildman–Crippen LogP) is 4.78. The lowest BCUT2D eigenvalue weighted by molar-refractivity contribution is -0.133. The van der Waals surface area contributed by atoms with Crippen molar-refractivity contribution in [3.63, 3.8) is 0 Å². The van der Waals surface area contributed by atoms with Crippen LogP contribution in [0.2, 0.25) is 0 Å². The minimum atomic E-state index is 0.232. The highest BCUT2D eigenvalue weighted by Gasteiger charge is 2.46. The third kappa shape index (κ3) is 4.26. The van der Waals surface area contributed by atoms with Gasteiger partial charge in [0.2, 0.25) is 5.91 Å². The van der Waals surface area contributed by atoms with E-state index in [-0.39, 0.29) is 23.9 Å². The van der Waals surface area contributed by atoms with Crippen molar-refractivity contribution in [1.82, 2.24) is 34.4 Å². The van der Waals surface area contributed by atoms with Gasteiger partial charge in [0.15, 0.2) is 5.65 Å². The molecule has 2 saturated heterocycles. The maximum absolute atomic E-state index is 13.2. The lowest BCUT2D eigenvalue weighted by Crippen LogP contribution is -2.57. The number of likely N-dealkylation sites (tertiary alicyclic amines) is 1. The third-order valence-electron chi connectivity index (χ3n) is 9.41. The number of aromatic amines is 1. The fraction of sp³-hybridized carbons (Fsp3) is 0.548. The van der Waals surface area contributed by atoms with Crippen molar-refractivity contribution in [2.45, 2.75) is 78.9 Å². The SMILES string of the molecule is Cc1c(-c2[nH]c3ccc(N4[C@@H]5C[C@H](C)[C@H]4CN(C(=O)CN(C)C(C)C)C5)nc3c2C(C)C)cn2ncnc2c1C. The van der Waals surface area contributed by atoms with Gasteiger partial charge in [-0.25, -0.2) is 14.5 Å². The number of piperazine rings is 1. The van der Waals surface area contributed by atoms with Crippen molar-refractivity contribution in [2.24, 2.45) is 5.92 Å². The van der Waals surface area contributed by atoms with Gasteiger partial charge in [-0.1, -0.05) is 20.8 Å². The van der Waals surface area contributed by atoms with Crippen molar-refractivity contribution in [3.05, 3.63) is 41.3 Å². The van der Waals surface area contributed by atoms with E-state index >= 15 is 0 Å². The van der Waals surface area contributed by atoms with Crippen LogP contribution in [0, 0.1) is 19.8 Å². The number of H-pyrrole nitrogens is 1. The van der Waals surface area contributed by atoms with E-state index in [0.717, 1.165) is 58.8 Å². The number of nitrogens with zero attached hydrogens (tertiary/aromatic N) is 7. The van der Waals surface area contributed by atoms with E-state index in [1.807, 2.05) is 11.6 Å². The molecule has 9 heteroatoms. The first-order valence-corrected chi connectivity index (χ1v) is 14.6. The molecule has 0 radical (unpaired) electrons. The molecule has 4 aromatic rings. The molecule has 0 saturated carbocycles. The van der Waals surface area contributed by atoms with Gasteiger partial charge in [-0.3, -0.25) is 9.69 Å². The molecule has 0 aliphatic carbocycles. The Morgan fingerprint density at radius 1 is 1.15 bits per heavy atom. The lowest BCUT2D eigenvalue weighted by atomic mass is 9.95. The van der Waals surface area contributed by atoms with Crippen molar-refractivity contribution in [3.8, 4) is 11.3 Å². The van der Waals surface area contributed by atoms with Crippen LogP contribution < -0.4 is 4.90 Å². The first kappa shape index (κ1) is 26.7. The Kier molecular flexibility index (Phi) is 6.60. The molecule has 1 amide bonds. The number of carbonyl (C=O) groups excluding carboxylic acids is 1. The van der Waals surface area contributed by atoms with E-state index in [2.05, 4.69) is 96.6 Å². The van der Waals surface area contributed by atoms with Crippen LogP contribution in [0.1, 0.15) is 63.6 Å². The molecule has 4 aromatic heterocycles. The number of anilines is 1. The number of carbonyl (C=O) groups is 1. The summed E-state index contributed by atoms with van der Waals surface area (Å²) < 4.78 is 1.87. The summed E-state index contributed by atoms with van der Waals surface area (Å²) in [5.74, 6) is 2.04. The molecule has 0 spiro atoms. The summed E-state index contributed by atoms with van der Waals surface area (Å²) >= 11 is 0. The quantitative estimate of drug-likeness (QED) is 0.378. The molecule has 1 N–H and O–H groups in total. The second-order valence-electron chi connectivity index (χ2n) is 12.6. The van der Waals surface area contributed by atoms with Crippen molar-refractivity contribution < 1.29 is 4.79 Å². The fourth-order valence-electron chi connectivity index (χ4n) is 6.73. The van der Waals surface area contributed by atoms with Crippen molar-refractivity contribution in [2.75, 3.05) is 31.6 Å². The number of aromatic nitrogens is 5. The topological polar surface area (TPSA) is 85.7 Å². The minimum Gasteiger partial charge on any atom is -0.353 e. The molecule has 3 atom stereocenters. The summed E-state index contributed by atoms with van der Waals surface area (Å²) in [4.78, 5) is 33.4. The summed E-state index contributed by atoms with van der Waals surface area (Å²) in [6.45, 7) is 17.3. The molecule has 0 unspecified atom stereocenters. The maximum Gasteiger partial charge on any atom is 0.236 e. The standard InChI is InChI=1S/C31H42N8O/c1-17(2)28-29(23-13-38-31(32-16-33-38)21(7)20(23)6)34-24-9-10-26(35-30(24)28)39-22-11-19(5)25(39)14-37(12-22)27(40)15-36(8)18(3)4/h9-10,13,16-19,22,25,34H,11-12,14-15H2,1-8H3/t19-,22+,25+/m0/s1. The highest BCUT2D eigenvalue weighted by Crippen LogP contribution is 2.41. The molecule has 6 rings (SSSR count). The Bertz CT molecular complexity index is 1580. The van der Waals surface area contributed by atoms with Gasteiger partial charge in [0.1, 0.15) is 12.1 Å². The number of hydrogen-bond donors (Lipinski definition) is 1. The van der Waals surface area contributed by atoms with Crippen molar-refractivity contribution >= 4 is 28.4 Å². The van der Waals surface area contributed by atoms with Gasteiger partial charge in [0.25, 0.3) is 0 Å². The number of likely N-dealkylation sites (N-methyl/N-ethyl adjacent to an activating group) is 1. The van der Waals surface area contributed by atoms with Gasteiger partial charge in [0, 0.05) is 42.5 Å². The van der Waals surface area contributed by atoms with Gasteiger partial charge >= 0.3 is 0 Å². The summed E-state index contributed by atoms with van der Waals surface area (Å²) in [5, 5.41) is 4.42. The van der Waals surface area contributed by atoms with Crippen LogP contribution in [0.4, 0.5) is 5.82 Å². The van der Waals surface area contributed by atoms with E-state index in [0.29, 0.717) is 18.5 Å². The smallest absolute Gasteiger partial charge is 0.236 e. The summed E-state index contributed by atoms with van der Waals surface area (Å²) in [6, 6.07) is 5.25. The van der Waals surface area contributed by atoms with E-state index in [9.17, 15) is 4.79 Å². The second kappa shape index (κ2) is 9.87. The zero-order valence-corrected chi connectivity index (χ0v) is 25.1. The average Bonchev–Trinajstić information content (AvgIpc) is 3.58. The molecule has 212 valence electrons. The number of pyridine rings is 2. The second-order valence-corrected chi connectivity index (χ2v) is 12.6. The Hall–Kier alpha value is -3.46. The zero-order valence-electron chi connectivity index (χ0n) is 25.1. The van der Waals surface area contributed by atoms with Crippen LogP contribution in [-0.2, 0) is 4.79 Å². The van der Waals surface area contributed by atoms with E-state index in [4.69, 9.17) is 4.98 Å². The van der Waals surface area contributed by atoms with Crippen molar-refractivity contribution in [1.29, 1.82) is 0 Å². The number of fused-ring (bicyclic) bond motifs is 4. The van der Waals surface area contributed by atoms with Gasteiger partial charge in [-0.05, 0) is 76.3 Å². The summed E-state index contributed by atoms with van der Waals surface area (Å²) in [7, 11) is 2.03. The van der Waals surface area contributed by atoms with Crippen LogP contribution in [0.25, 0.3) is 27.9 Å². The maximum atomic E-state index is 13.2. The molecule has 0 aromatic carbocycles. The zero-order chi connectivity index (χ0) is 28.5. The molecule has 6 heterocycles. The first-order valence-electron chi connectivity index (χ1n) is 14.6. The summed E-state index contributed by atoms with van der Waals surface area (Å²) in [5.41, 5.74) is 8.76. The monoisotopic (exact) mass is 542 g/mol. The largest absolute Gasteiger partial charge is 0.353 e. The van der Waals surface area contributed by atoms with Crippen LogP contribution in [0.15, 0.2) is 24.7 Å². The van der Waals surface area contributed by atoms with E-state index in [1.54, 1.807) is 6.33 Å². The van der Waals surface area contributed by atoms with Crippen LogP contribution in [-0.4, -0.2) is 85.1 Å². The number of hydrogen-bond acceptors (Lipinski definition) is 6. The van der Waals surface area contributed by atoms with Gasteiger partial charge in [-0.15, -0.1) is 0 Å². The molecule has 2 aliphatic heterocycles. The van der Waals surface area contributed by atoms with Gasteiger partial charge in [0.05, 0.1) is 29.3 Å². The number of amides is 1. The van der Waals surface area contributed by atoms with Gasteiger partial charge in [-0.2, -0.15) is 5.10 Å². The third-order valence-corrected chi connectivity index (χ3v) is 9.41. The highest BCUT2D eigenvalue weighted by atomic mass is 16.2. The highest BCUT2D eigenvalue weighted by molar-refractivity contribution is 5.90. The van der Waals surface area contributed by atoms with Crippen LogP contribution in [0.3, 0.4) is 0 Å². The lowest BCUT2D eigenvalue weighted by Gasteiger charge is -2.43. The fourth-order valence-corrected chi connectivity index (χ4v) is 6.73. The molecule has 2 bridgehead atoms. The molecule has 40 heavy (non-hydrogen) atoms. The van der Waals surface area contributed by atoms with E-state index < -0.39 is 0 Å². The number of nitrogens with one attached hydrogen (secondary N) is 1. The van der Waals surface area contributed by atoms with Crippen LogP contribution in [0.5, 0.6) is 0 Å². The normalized spacial score (nSPS) is 21.2. The summed E-state index contributed by atoms with van der Waals surface area (Å²) in [6.07, 6.45) is 4.77. The Morgan fingerprint density at radius 3 is 2.62 bits per heavy atom. The molecule has 2 fully saturated rings. The molecular formula is C31H42N8O. The van der Waals surface area contributed by atoms with Crippen LogP contribution >= 0.6 is 0 Å².